The van der Waals surface area contributed by atoms with Crippen LogP contribution in [0.25, 0.3) is 66.4 Å². The molecule has 0 N–H and O–H groups in total. The van der Waals surface area contributed by atoms with Gasteiger partial charge in [-0.1, -0.05) is 149 Å². The van der Waals surface area contributed by atoms with Gasteiger partial charge in [0, 0.05) is 38.5 Å². The highest BCUT2D eigenvalue weighted by Crippen LogP contribution is 2.55. The molecule has 2 nitrogen and oxygen atoms in total. The zero-order valence-corrected chi connectivity index (χ0v) is 32.1. The molecule has 2 aliphatic rings. The molecular formula is C54H41NO. The molecular weight excluding hydrogens is 679 g/mol. The van der Waals surface area contributed by atoms with Gasteiger partial charge in [-0.3, -0.25) is 0 Å². The number of rotatable bonds is 5. The first-order chi connectivity index (χ1) is 27.3. The summed E-state index contributed by atoms with van der Waals surface area (Å²) in [6, 6.07) is 64.6. The van der Waals surface area contributed by atoms with E-state index in [0.29, 0.717) is 0 Å². The second kappa shape index (κ2) is 11.9. The van der Waals surface area contributed by atoms with Crippen molar-refractivity contribution >= 4 is 39.0 Å². The summed E-state index contributed by atoms with van der Waals surface area (Å²) in [6.07, 6.45) is 0. The fraction of sp³-hybridized carbons (Fsp3) is 0.111. The lowest BCUT2D eigenvalue weighted by atomic mass is 9.81. The Morgan fingerprint density at radius 3 is 1.80 bits per heavy atom. The van der Waals surface area contributed by atoms with Crippen LogP contribution < -0.4 is 4.90 Å². The number of benzene rings is 8. The Hall–Kier alpha value is -6.64. The molecule has 0 bridgehead atoms. The van der Waals surface area contributed by atoms with E-state index in [4.69, 9.17) is 4.42 Å². The SMILES string of the molecule is CC1(C)c2ccccc2-c2ccc(-c3cccc(N(c4ccc(-c5ccc6c(c5)oc5ccccc56)cc4)c4cccc5c4-c4ccccc4C5(C)C)c3)cc21. The third kappa shape index (κ3) is 4.75. The average Bonchev–Trinajstić information content (AvgIpc) is 3.81. The van der Waals surface area contributed by atoms with Crippen LogP contribution in [-0.2, 0) is 10.8 Å². The number of hydrogen-bond acceptors (Lipinski definition) is 2. The highest BCUT2D eigenvalue weighted by atomic mass is 16.3. The smallest absolute Gasteiger partial charge is 0.136 e. The Morgan fingerprint density at radius 2 is 0.964 bits per heavy atom. The van der Waals surface area contributed by atoms with Gasteiger partial charge < -0.3 is 9.32 Å². The summed E-state index contributed by atoms with van der Waals surface area (Å²) < 4.78 is 6.27. The Kier molecular flexibility index (Phi) is 6.98. The molecule has 0 aliphatic heterocycles. The third-order valence-corrected chi connectivity index (χ3v) is 12.7. The molecule has 8 aromatic carbocycles. The fourth-order valence-corrected chi connectivity index (χ4v) is 9.77. The summed E-state index contributed by atoms with van der Waals surface area (Å²) in [4.78, 5) is 2.46. The highest BCUT2D eigenvalue weighted by Gasteiger charge is 2.38. The molecule has 0 fully saturated rings. The van der Waals surface area contributed by atoms with Gasteiger partial charge in [-0.15, -0.1) is 0 Å². The lowest BCUT2D eigenvalue weighted by molar-refractivity contribution is 0.660. The van der Waals surface area contributed by atoms with Gasteiger partial charge in [-0.05, 0) is 116 Å². The third-order valence-electron chi connectivity index (χ3n) is 12.7. The van der Waals surface area contributed by atoms with Crippen molar-refractivity contribution in [1.29, 1.82) is 0 Å². The molecule has 0 saturated carbocycles. The van der Waals surface area contributed by atoms with Gasteiger partial charge in [0.2, 0.25) is 0 Å². The quantitative estimate of drug-likeness (QED) is 0.176. The van der Waals surface area contributed by atoms with Crippen molar-refractivity contribution in [2.24, 2.45) is 0 Å². The van der Waals surface area contributed by atoms with Crippen molar-refractivity contribution in [2.75, 3.05) is 4.90 Å². The number of furan rings is 1. The minimum atomic E-state index is -0.108. The molecule has 0 saturated heterocycles. The van der Waals surface area contributed by atoms with Crippen LogP contribution in [0.5, 0.6) is 0 Å². The lowest BCUT2D eigenvalue weighted by Crippen LogP contribution is -2.16. The number of anilines is 3. The lowest BCUT2D eigenvalue weighted by Gasteiger charge is -2.29. The van der Waals surface area contributed by atoms with Crippen molar-refractivity contribution < 1.29 is 4.42 Å². The monoisotopic (exact) mass is 719 g/mol. The van der Waals surface area contributed by atoms with E-state index < -0.39 is 0 Å². The van der Waals surface area contributed by atoms with E-state index in [2.05, 4.69) is 196 Å². The fourth-order valence-electron chi connectivity index (χ4n) is 9.77. The maximum atomic E-state index is 6.27. The van der Waals surface area contributed by atoms with Crippen LogP contribution in [0.2, 0.25) is 0 Å². The van der Waals surface area contributed by atoms with Gasteiger partial charge >= 0.3 is 0 Å². The number of hydrogen-bond donors (Lipinski definition) is 0. The van der Waals surface area contributed by atoms with Crippen molar-refractivity contribution in [3.63, 3.8) is 0 Å². The predicted molar refractivity (Wildman–Crippen MR) is 234 cm³/mol. The Morgan fingerprint density at radius 1 is 0.375 bits per heavy atom. The average molecular weight is 720 g/mol. The second-order valence-electron chi connectivity index (χ2n) is 16.5. The summed E-state index contributed by atoms with van der Waals surface area (Å²) in [6.45, 7) is 9.42. The Balaban J connectivity index is 1.05. The first kappa shape index (κ1) is 32.8. The second-order valence-corrected chi connectivity index (χ2v) is 16.5. The van der Waals surface area contributed by atoms with Gasteiger partial charge in [0.15, 0.2) is 0 Å². The Bertz CT molecular complexity index is 3030. The van der Waals surface area contributed by atoms with Gasteiger partial charge in [0.1, 0.15) is 11.2 Å². The highest BCUT2D eigenvalue weighted by molar-refractivity contribution is 6.06. The van der Waals surface area contributed by atoms with Crippen LogP contribution in [0.1, 0.15) is 49.9 Å². The molecule has 11 rings (SSSR count). The number of fused-ring (bicyclic) bond motifs is 9. The zero-order chi connectivity index (χ0) is 37.8. The van der Waals surface area contributed by atoms with E-state index in [0.717, 1.165) is 44.4 Å². The van der Waals surface area contributed by atoms with E-state index >= 15 is 0 Å². The minimum absolute atomic E-state index is 0.0624. The Labute approximate surface area is 328 Å². The topological polar surface area (TPSA) is 16.4 Å². The van der Waals surface area contributed by atoms with Crippen LogP contribution in [0, 0.1) is 0 Å². The van der Waals surface area contributed by atoms with E-state index in [1.165, 1.54) is 61.3 Å². The van der Waals surface area contributed by atoms with Gasteiger partial charge in [-0.25, -0.2) is 0 Å². The summed E-state index contributed by atoms with van der Waals surface area (Å²) in [5.41, 5.74) is 20.6. The standard InChI is InChI=1S/C54H41NO/c1-53(2)46-19-9-6-17-44(46)52-47(53)20-12-21-49(52)55(38-27-23-34(24-28-38)37-26-30-43-42-16-7-10-22-50(42)56-51(43)33-37)39-14-11-13-35(31-39)36-25-29-41-40-15-5-8-18-45(40)54(3,4)48(41)32-36/h5-33H,1-4H3. The molecule has 0 radical (unpaired) electrons. The normalized spacial score (nSPS) is 14.4. The van der Waals surface area contributed by atoms with Crippen LogP contribution in [0.15, 0.2) is 180 Å². The van der Waals surface area contributed by atoms with E-state index in [1.54, 1.807) is 0 Å². The number of para-hydroxylation sites is 1. The van der Waals surface area contributed by atoms with Gasteiger partial charge in [0.25, 0.3) is 0 Å². The summed E-state index contributed by atoms with van der Waals surface area (Å²) in [5.74, 6) is 0. The molecule has 1 heterocycles. The molecule has 0 amide bonds. The van der Waals surface area contributed by atoms with Crippen molar-refractivity contribution in [3.8, 4) is 44.5 Å². The van der Waals surface area contributed by atoms with E-state index in [-0.39, 0.29) is 10.8 Å². The van der Waals surface area contributed by atoms with Crippen LogP contribution in [0.3, 0.4) is 0 Å². The molecule has 2 heteroatoms. The molecule has 2 aliphatic carbocycles. The number of nitrogens with zero attached hydrogens (tertiary/aromatic N) is 1. The largest absolute Gasteiger partial charge is 0.456 e. The van der Waals surface area contributed by atoms with Crippen LogP contribution in [0.4, 0.5) is 17.1 Å². The summed E-state index contributed by atoms with van der Waals surface area (Å²) in [7, 11) is 0. The molecule has 9 aromatic rings. The van der Waals surface area contributed by atoms with Crippen LogP contribution >= 0.6 is 0 Å². The molecule has 56 heavy (non-hydrogen) atoms. The predicted octanol–water partition coefficient (Wildman–Crippen LogP) is 15.0. The van der Waals surface area contributed by atoms with Gasteiger partial charge in [0.05, 0.1) is 5.69 Å². The minimum Gasteiger partial charge on any atom is -0.456 e. The first-order valence-electron chi connectivity index (χ1n) is 19.7. The maximum Gasteiger partial charge on any atom is 0.136 e. The van der Waals surface area contributed by atoms with Crippen LogP contribution in [-0.4, -0.2) is 0 Å². The first-order valence-corrected chi connectivity index (χ1v) is 19.7. The van der Waals surface area contributed by atoms with E-state index in [1.807, 2.05) is 12.1 Å². The molecule has 1 aromatic heterocycles. The molecule has 0 unspecified atom stereocenters. The molecule has 0 spiro atoms. The summed E-state index contributed by atoms with van der Waals surface area (Å²) in [5, 5.41) is 2.29. The van der Waals surface area contributed by atoms with E-state index in [9.17, 15) is 0 Å². The van der Waals surface area contributed by atoms with Crippen molar-refractivity contribution in [3.05, 3.63) is 198 Å². The molecule has 0 atom stereocenters. The maximum absolute atomic E-state index is 6.27. The zero-order valence-electron chi connectivity index (χ0n) is 32.1. The van der Waals surface area contributed by atoms with Gasteiger partial charge in [-0.2, -0.15) is 0 Å². The van der Waals surface area contributed by atoms with Crippen molar-refractivity contribution in [1.82, 2.24) is 0 Å². The van der Waals surface area contributed by atoms with Crippen molar-refractivity contribution in [2.45, 2.75) is 38.5 Å². The molecule has 268 valence electrons. The summed E-state index contributed by atoms with van der Waals surface area (Å²) >= 11 is 0.